The van der Waals surface area contributed by atoms with Crippen molar-refractivity contribution in [2.24, 2.45) is 5.73 Å². The Balaban J connectivity index is 2.20. The average Bonchev–Trinajstić information content (AvgIpc) is 2.74. The maximum atomic E-state index is 11.2. The van der Waals surface area contributed by atoms with Crippen LogP contribution in [0.25, 0.3) is 0 Å². The van der Waals surface area contributed by atoms with Crippen molar-refractivity contribution in [3.05, 3.63) is 24.2 Å². The second-order valence-corrected chi connectivity index (χ2v) is 5.30. The van der Waals surface area contributed by atoms with Crippen LogP contribution < -0.4 is 11.1 Å². The lowest BCUT2D eigenvalue weighted by Crippen LogP contribution is -2.44. The fraction of sp³-hybridized carbons (Fsp3) is 0.583. The second kappa shape index (κ2) is 7.40. The maximum Gasteiger partial charge on any atom is 0.234 e. The number of hydrogen-bond donors (Lipinski definition) is 2. The lowest BCUT2D eigenvalue weighted by atomic mass is 10.2. The monoisotopic (exact) mass is 256 g/mol. The topological polar surface area (TPSA) is 68.3 Å². The van der Waals surface area contributed by atoms with E-state index in [1.807, 2.05) is 26.0 Å². The number of carbonyl (C=O) groups is 1. The summed E-state index contributed by atoms with van der Waals surface area (Å²) < 4.78 is 5.22. The number of rotatable bonds is 8. The standard InChI is InChI=1S/C12H20N2O2S/c1-9(2)14-11(12(13)15)5-7-17-8-10-4-3-6-16-10/h3-4,6,9,11,14H,5,7-8H2,1-2H3,(H2,13,15). The van der Waals surface area contributed by atoms with Crippen molar-refractivity contribution < 1.29 is 9.21 Å². The number of primary amides is 1. The third kappa shape index (κ3) is 5.79. The highest BCUT2D eigenvalue weighted by Crippen LogP contribution is 2.14. The Morgan fingerprint density at radius 2 is 2.35 bits per heavy atom. The van der Waals surface area contributed by atoms with Gasteiger partial charge in [0.15, 0.2) is 0 Å². The molecule has 1 heterocycles. The molecule has 17 heavy (non-hydrogen) atoms. The minimum absolute atomic E-state index is 0.237. The van der Waals surface area contributed by atoms with Gasteiger partial charge in [-0.3, -0.25) is 4.79 Å². The van der Waals surface area contributed by atoms with Gasteiger partial charge in [-0.25, -0.2) is 0 Å². The minimum atomic E-state index is -0.280. The summed E-state index contributed by atoms with van der Waals surface area (Å²) in [6.07, 6.45) is 2.42. The molecule has 1 atom stereocenters. The van der Waals surface area contributed by atoms with Gasteiger partial charge in [-0.15, -0.1) is 0 Å². The Hall–Kier alpha value is -0.940. The zero-order valence-corrected chi connectivity index (χ0v) is 11.1. The highest BCUT2D eigenvalue weighted by Gasteiger charge is 2.15. The Labute approximate surface area is 106 Å². The SMILES string of the molecule is CC(C)NC(CCSCc1ccco1)C(N)=O. The minimum Gasteiger partial charge on any atom is -0.468 e. The normalized spacial score (nSPS) is 12.9. The number of carbonyl (C=O) groups excluding carboxylic acids is 1. The first-order chi connectivity index (χ1) is 8.09. The number of hydrogen-bond acceptors (Lipinski definition) is 4. The molecule has 3 N–H and O–H groups in total. The Morgan fingerprint density at radius 1 is 1.59 bits per heavy atom. The van der Waals surface area contributed by atoms with Gasteiger partial charge in [-0.2, -0.15) is 11.8 Å². The summed E-state index contributed by atoms with van der Waals surface area (Å²) in [4.78, 5) is 11.2. The van der Waals surface area contributed by atoms with Crippen LogP contribution in [-0.4, -0.2) is 23.7 Å². The number of amides is 1. The van der Waals surface area contributed by atoms with Crippen LogP contribution in [0.1, 0.15) is 26.0 Å². The number of nitrogens with two attached hydrogens (primary N) is 1. The van der Waals surface area contributed by atoms with Crippen molar-refractivity contribution in [3.8, 4) is 0 Å². The van der Waals surface area contributed by atoms with Crippen LogP contribution in [0.15, 0.2) is 22.8 Å². The van der Waals surface area contributed by atoms with Gasteiger partial charge in [-0.1, -0.05) is 13.8 Å². The maximum absolute atomic E-state index is 11.2. The van der Waals surface area contributed by atoms with Gasteiger partial charge in [-0.05, 0) is 24.3 Å². The number of thioether (sulfide) groups is 1. The van der Waals surface area contributed by atoms with E-state index < -0.39 is 0 Å². The largest absolute Gasteiger partial charge is 0.468 e. The van der Waals surface area contributed by atoms with Crippen LogP contribution >= 0.6 is 11.8 Å². The molecule has 0 saturated heterocycles. The summed E-state index contributed by atoms with van der Waals surface area (Å²) in [5, 5.41) is 3.16. The molecule has 0 aliphatic carbocycles. The van der Waals surface area contributed by atoms with Gasteiger partial charge in [0.2, 0.25) is 5.91 Å². The quantitative estimate of drug-likeness (QED) is 0.695. The Bertz CT molecular complexity index is 325. The van der Waals surface area contributed by atoms with Crippen LogP contribution in [0.3, 0.4) is 0 Å². The highest BCUT2D eigenvalue weighted by atomic mass is 32.2. The zero-order chi connectivity index (χ0) is 12.7. The molecule has 1 rings (SSSR count). The molecule has 0 saturated carbocycles. The van der Waals surface area contributed by atoms with E-state index in [9.17, 15) is 4.79 Å². The van der Waals surface area contributed by atoms with Crippen LogP contribution in [0.4, 0.5) is 0 Å². The second-order valence-electron chi connectivity index (χ2n) is 4.20. The van der Waals surface area contributed by atoms with Gasteiger partial charge in [0.25, 0.3) is 0 Å². The van der Waals surface area contributed by atoms with Gasteiger partial charge < -0.3 is 15.5 Å². The molecule has 0 bridgehead atoms. The molecule has 5 heteroatoms. The van der Waals surface area contributed by atoms with Crippen molar-refractivity contribution in [1.82, 2.24) is 5.32 Å². The first-order valence-corrected chi connectivity index (χ1v) is 6.90. The summed E-state index contributed by atoms with van der Waals surface area (Å²) in [6, 6.07) is 3.86. The lowest BCUT2D eigenvalue weighted by Gasteiger charge is -2.17. The number of furan rings is 1. The van der Waals surface area contributed by atoms with E-state index in [0.29, 0.717) is 0 Å². The van der Waals surface area contributed by atoms with E-state index in [1.165, 1.54) is 0 Å². The van der Waals surface area contributed by atoms with E-state index in [-0.39, 0.29) is 18.0 Å². The van der Waals surface area contributed by atoms with E-state index >= 15 is 0 Å². The fourth-order valence-corrected chi connectivity index (χ4v) is 2.39. The van der Waals surface area contributed by atoms with Crippen molar-refractivity contribution in [2.75, 3.05) is 5.75 Å². The summed E-state index contributed by atoms with van der Waals surface area (Å²) in [6.45, 7) is 4.01. The molecule has 1 aromatic heterocycles. The Morgan fingerprint density at radius 3 is 2.88 bits per heavy atom. The van der Waals surface area contributed by atoms with Gasteiger partial charge in [0, 0.05) is 6.04 Å². The molecule has 0 aliphatic heterocycles. The molecular weight excluding hydrogens is 236 g/mol. The fourth-order valence-electron chi connectivity index (χ4n) is 1.48. The third-order valence-corrected chi connectivity index (χ3v) is 3.27. The molecule has 1 aromatic rings. The molecular formula is C12H20N2O2S. The Kier molecular flexibility index (Phi) is 6.15. The van der Waals surface area contributed by atoms with E-state index in [4.69, 9.17) is 10.2 Å². The molecule has 1 unspecified atom stereocenters. The molecule has 0 spiro atoms. The molecule has 96 valence electrons. The lowest BCUT2D eigenvalue weighted by molar-refractivity contribution is -0.120. The molecule has 1 amide bonds. The smallest absolute Gasteiger partial charge is 0.234 e. The van der Waals surface area contributed by atoms with Crippen LogP contribution in [0.2, 0.25) is 0 Å². The molecule has 0 aromatic carbocycles. The van der Waals surface area contributed by atoms with Crippen LogP contribution in [-0.2, 0) is 10.5 Å². The van der Waals surface area contributed by atoms with Crippen molar-refractivity contribution >= 4 is 17.7 Å². The summed E-state index contributed by atoms with van der Waals surface area (Å²) in [5.41, 5.74) is 5.33. The third-order valence-electron chi connectivity index (χ3n) is 2.25. The first kappa shape index (κ1) is 14.1. The van der Waals surface area contributed by atoms with E-state index in [0.717, 1.165) is 23.7 Å². The van der Waals surface area contributed by atoms with Crippen LogP contribution in [0.5, 0.6) is 0 Å². The molecule has 0 fully saturated rings. The predicted octanol–water partition coefficient (Wildman–Crippen LogP) is 1.75. The van der Waals surface area contributed by atoms with Crippen molar-refractivity contribution in [3.63, 3.8) is 0 Å². The van der Waals surface area contributed by atoms with Gasteiger partial charge in [0.1, 0.15) is 5.76 Å². The molecule has 4 nitrogen and oxygen atoms in total. The van der Waals surface area contributed by atoms with E-state index in [2.05, 4.69) is 5.32 Å². The number of nitrogens with one attached hydrogen (secondary N) is 1. The summed E-state index contributed by atoms with van der Waals surface area (Å²) >= 11 is 1.74. The van der Waals surface area contributed by atoms with Crippen molar-refractivity contribution in [2.45, 2.75) is 38.1 Å². The zero-order valence-electron chi connectivity index (χ0n) is 10.3. The van der Waals surface area contributed by atoms with Crippen LogP contribution in [0, 0.1) is 0 Å². The summed E-state index contributed by atoms with van der Waals surface area (Å²) in [5.74, 6) is 2.40. The average molecular weight is 256 g/mol. The van der Waals surface area contributed by atoms with E-state index in [1.54, 1.807) is 18.0 Å². The molecule has 0 aliphatic rings. The predicted molar refractivity (Wildman–Crippen MR) is 70.7 cm³/mol. The van der Waals surface area contributed by atoms with Gasteiger partial charge >= 0.3 is 0 Å². The molecule has 0 radical (unpaired) electrons. The van der Waals surface area contributed by atoms with Crippen molar-refractivity contribution in [1.29, 1.82) is 0 Å². The van der Waals surface area contributed by atoms with Gasteiger partial charge in [0.05, 0.1) is 18.1 Å². The summed E-state index contributed by atoms with van der Waals surface area (Å²) in [7, 11) is 0. The highest BCUT2D eigenvalue weighted by molar-refractivity contribution is 7.98. The first-order valence-electron chi connectivity index (χ1n) is 5.75.